The SMILES string of the molecule is CCc1nnc(NC(=S)NC(=O)/C=C/c2ccc(F)cc2)s1. The number of aromatic nitrogens is 2. The molecule has 114 valence electrons. The van der Waals surface area contributed by atoms with Gasteiger partial charge in [-0.25, -0.2) is 4.39 Å². The van der Waals surface area contributed by atoms with Gasteiger partial charge in [0.1, 0.15) is 10.8 Å². The minimum Gasteiger partial charge on any atom is -0.307 e. The highest BCUT2D eigenvalue weighted by atomic mass is 32.1. The molecule has 0 fully saturated rings. The number of hydrogen-bond donors (Lipinski definition) is 2. The van der Waals surface area contributed by atoms with E-state index < -0.39 is 0 Å². The summed E-state index contributed by atoms with van der Waals surface area (Å²) in [5, 5.41) is 14.7. The van der Waals surface area contributed by atoms with Crippen LogP contribution in [0, 0.1) is 5.82 Å². The van der Waals surface area contributed by atoms with E-state index in [1.807, 2.05) is 6.92 Å². The van der Waals surface area contributed by atoms with Crippen LogP contribution in [-0.2, 0) is 11.2 Å². The third-order valence-corrected chi connectivity index (χ3v) is 3.71. The number of amides is 1. The fraction of sp³-hybridized carbons (Fsp3) is 0.143. The van der Waals surface area contributed by atoms with Crippen molar-refractivity contribution in [3.05, 3.63) is 46.7 Å². The lowest BCUT2D eigenvalue weighted by Gasteiger charge is -2.03. The Balaban J connectivity index is 1.85. The van der Waals surface area contributed by atoms with E-state index in [9.17, 15) is 9.18 Å². The molecule has 1 heterocycles. The summed E-state index contributed by atoms with van der Waals surface area (Å²) in [7, 11) is 0. The van der Waals surface area contributed by atoms with Gasteiger partial charge in [-0.3, -0.25) is 10.1 Å². The normalized spacial score (nSPS) is 10.6. The number of carbonyl (C=O) groups excluding carboxylic acids is 1. The van der Waals surface area contributed by atoms with Crippen molar-refractivity contribution < 1.29 is 9.18 Å². The molecule has 8 heteroatoms. The summed E-state index contributed by atoms with van der Waals surface area (Å²) in [6.07, 6.45) is 3.68. The molecule has 2 rings (SSSR count). The first-order valence-corrected chi connectivity index (χ1v) is 7.67. The quantitative estimate of drug-likeness (QED) is 0.664. The van der Waals surface area contributed by atoms with Crippen molar-refractivity contribution in [2.45, 2.75) is 13.3 Å². The molecule has 0 bridgehead atoms. The molecule has 0 aliphatic carbocycles. The van der Waals surface area contributed by atoms with Crippen LogP contribution in [0.3, 0.4) is 0 Å². The third kappa shape index (κ3) is 4.97. The third-order valence-electron chi connectivity index (χ3n) is 2.52. The monoisotopic (exact) mass is 336 g/mol. The molecule has 0 aliphatic heterocycles. The molecule has 0 radical (unpaired) electrons. The zero-order valence-electron chi connectivity index (χ0n) is 11.7. The molecule has 1 amide bonds. The van der Waals surface area contributed by atoms with Crippen LogP contribution in [0.15, 0.2) is 30.3 Å². The van der Waals surface area contributed by atoms with E-state index in [0.29, 0.717) is 10.7 Å². The molecule has 0 atom stereocenters. The Morgan fingerprint density at radius 1 is 1.36 bits per heavy atom. The van der Waals surface area contributed by atoms with E-state index in [2.05, 4.69) is 20.8 Å². The number of carbonyl (C=O) groups is 1. The van der Waals surface area contributed by atoms with Gasteiger partial charge in [0, 0.05) is 6.08 Å². The Labute approximate surface area is 136 Å². The standard InChI is InChI=1S/C14H13FN4OS2/c1-2-12-18-19-14(22-12)17-13(21)16-11(20)8-5-9-3-6-10(15)7-4-9/h3-8H,2H2,1H3,(H2,16,17,19,20,21)/b8-5+. The second kappa shape index (κ2) is 7.71. The van der Waals surface area contributed by atoms with E-state index in [1.54, 1.807) is 18.2 Å². The summed E-state index contributed by atoms with van der Waals surface area (Å²) in [6.45, 7) is 1.98. The fourth-order valence-electron chi connectivity index (χ4n) is 1.47. The molecular weight excluding hydrogens is 323 g/mol. The minimum atomic E-state index is -0.387. The van der Waals surface area contributed by atoms with Gasteiger partial charge in [-0.2, -0.15) is 0 Å². The highest BCUT2D eigenvalue weighted by Crippen LogP contribution is 2.14. The van der Waals surface area contributed by atoms with Gasteiger partial charge in [-0.15, -0.1) is 10.2 Å². The van der Waals surface area contributed by atoms with Gasteiger partial charge in [-0.1, -0.05) is 30.4 Å². The molecule has 5 nitrogen and oxygen atoms in total. The second-order valence-corrected chi connectivity index (χ2v) is 5.65. The summed E-state index contributed by atoms with van der Waals surface area (Å²) < 4.78 is 12.8. The zero-order chi connectivity index (χ0) is 15.9. The maximum Gasteiger partial charge on any atom is 0.250 e. The molecule has 2 aromatic rings. The minimum absolute atomic E-state index is 0.146. The van der Waals surface area contributed by atoms with Crippen LogP contribution in [0.4, 0.5) is 9.52 Å². The Hall–Kier alpha value is -2.19. The number of aryl methyl sites for hydroxylation is 1. The molecule has 0 aliphatic rings. The Bertz CT molecular complexity index is 697. The molecule has 22 heavy (non-hydrogen) atoms. The molecule has 1 aromatic heterocycles. The average Bonchev–Trinajstić information content (AvgIpc) is 2.94. The Kier molecular flexibility index (Phi) is 5.68. The smallest absolute Gasteiger partial charge is 0.250 e. The second-order valence-electron chi connectivity index (χ2n) is 4.18. The predicted molar refractivity (Wildman–Crippen MR) is 89.1 cm³/mol. The lowest BCUT2D eigenvalue weighted by molar-refractivity contribution is -0.115. The van der Waals surface area contributed by atoms with Crippen LogP contribution in [0.25, 0.3) is 6.08 Å². The molecule has 2 N–H and O–H groups in total. The molecule has 0 saturated heterocycles. The van der Waals surface area contributed by atoms with Crippen LogP contribution in [-0.4, -0.2) is 21.2 Å². The summed E-state index contributed by atoms with van der Waals surface area (Å²) in [6, 6.07) is 5.79. The first-order chi connectivity index (χ1) is 10.6. The van der Waals surface area contributed by atoms with Crippen molar-refractivity contribution in [2.24, 2.45) is 0 Å². The maximum absolute atomic E-state index is 12.8. The number of nitrogens with zero attached hydrogens (tertiary/aromatic N) is 2. The maximum atomic E-state index is 12.8. The van der Waals surface area contributed by atoms with E-state index in [4.69, 9.17) is 12.2 Å². The van der Waals surface area contributed by atoms with E-state index in [-0.39, 0.29) is 16.8 Å². The Morgan fingerprint density at radius 2 is 2.09 bits per heavy atom. The molecular formula is C14H13FN4OS2. The highest BCUT2D eigenvalue weighted by molar-refractivity contribution is 7.80. The van der Waals surface area contributed by atoms with E-state index in [1.165, 1.54) is 29.5 Å². The average molecular weight is 336 g/mol. The summed E-state index contributed by atoms with van der Waals surface area (Å²) in [4.78, 5) is 11.7. The van der Waals surface area contributed by atoms with Crippen molar-refractivity contribution in [2.75, 3.05) is 5.32 Å². The van der Waals surface area contributed by atoms with Crippen LogP contribution < -0.4 is 10.6 Å². The van der Waals surface area contributed by atoms with Gasteiger partial charge in [0.15, 0.2) is 5.11 Å². The number of thiocarbonyl (C=S) groups is 1. The predicted octanol–water partition coefficient (Wildman–Crippen LogP) is 2.77. The van der Waals surface area contributed by atoms with Crippen molar-refractivity contribution in [1.82, 2.24) is 15.5 Å². The molecule has 0 unspecified atom stereocenters. The van der Waals surface area contributed by atoms with Gasteiger partial charge in [0.2, 0.25) is 11.0 Å². The van der Waals surface area contributed by atoms with Crippen molar-refractivity contribution in [3.8, 4) is 0 Å². The van der Waals surface area contributed by atoms with E-state index in [0.717, 1.165) is 11.4 Å². The summed E-state index contributed by atoms with van der Waals surface area (Å²) >= 11 is 6.39. The number of anilines is 1. The van der Waals surface area contributed by atoms with Crippen molar-refractivity contribution >= 4 is 45.8 Å². The van der Waals surface area contributed by atoms with Crippen molar-refractivity contribution in [3.63, 3.8) is 0 Å². The molecule has 0 spiro atoms. The Morgan fingerprint density at radius 3 is 2.73 bits per heavy atom. The lowest BCUT2D eigenvalue weighted by atomic mass is 10.2. The fourth-order valence-corrected chi connectivity index (χ4v) is 2.42. The summed E-state index contributed by atoms with van der Waals surface area (Å²) in [5.41, 5.74) is 0.715. The molecule has 1 aromatic carbocycles. The number of rotatable bonds is 4. The van der Waals surface area contributed by atoms with E-state index >= 15 is 0 Å². The zero-order valence-corrected chi connectivity index (χ0v) is 13.3. The number of benzene rings is 1. The van der Waals surface area contributed by atoms with Crippen LogP contribution >= 0.6 is 23.6 Å². The lowest BCUT2D eigenvalue weighted by Crippen LogP contribution is -2.32. The van der Waals surface area contributed by atoms with Crippen molar-refractivity contribution in [1.29, 1.82) is 0 Å². The van der Waals surface area contributed by atoms with Crippen LogP contribution in [0.1, 0.15) is 17.5 Å². The summed E-state index contributed by atoms with van der Waals surface area (Å²) in [5.74, 6) is -0.711. The van der Waals surface area contributed by atoms with Gasteiger partial charge in [0.05, 0.1) is 0 Å². The topological polar surface area (TPSA) is 66.9 Å². The van der Waals surface area contributed by atoms with Gasteiger partial charge in [0.25, 0.3) is 0 Å². The van der Waals surface area contributed by atoms with Gasteiger partial charge in [-0.05, 0) is 42.4 Å². The largest absolute Gasteiger partial charge is 0.307 e. The van der Waals surface area contributed by atoms with Gasteiger partial charge < -0.3 is 5.32 Å². The first-order valence-electron chi connectivity index (χ1n) is 6.45. The number of nitrogens with one attached hydrogen (secondary N) is 2. The van der Waals surface area contributed by atoms with Gasteiger partial charge >= 0.3 is 0 Å². The van der Waals surface area contributed by atoms with Crippen LogP contribution in [0.2, 0.25) is 0 Å². The highest BCUT2D eigenvalue weighted by Gasteiger charge is 2.06. The first kappa shape index (κ1) is 16.2. The van der Waals surface area contributed by atoms with Crippen LogP contribution in [0.5, 0.6) is 0 Å². The molecule has 0 saturated carbocycles. The number of halogens is 1. The number of hydrogen-bond acceptors (Lipinski definition) is 5.